The summed E-state index contributed by atoms with van der Waals surface area (Å²) < 4.78 is 19.4. The molecule has 1 atom stereocenters. The number of hydrogen-bond acceptors (Lipinski definition) is 9. The molecule has 1 aliphatic heterocycles. The number of halogens is 1. The number of hydrogen-bond donors (Lipinski definition) is 4. The van der Waals surface area contributed by atoms with Gasteiger partial charge >= 0.3 is 0 Å². The highest BCUT2D eigenvalue weighted by Gasteiger charge is 2.31. The average Bonchev–Trinajstić information content (AvgIpc) is 2.68. The zero-order valence-corrected chi connectivity index (χ0v) is 15.2. The summed E-state index contributed by atoms with van der Waals surface area (Å²) in [7, 11) is 0. The number of ether oxygens (including phenoxy) is 1. The maximum Gasteiger partial charge on any atom is 0.211 e. The highest BCUT2D eigenvalue weighted by Crippen LogP contribution is 2.41. The molecular formula is C19H17FN8O. The number of aromatic nitrogens is 1. The van der Waals surface area contributed by atoms with E-state index in [1.807, 2.05) is 6.07 Å². The van der Waals surface area contributed by atoms with Crippen LogP contribution in [0.25, 0.3) is 0 Å². The van der Waals surface area contributed by atoms with E-state index in [0.717, 1.165) is 0 Å². The van der Waals surface area contributed by atoms with E-state index in [4.69, 9.17) is 21.5 Å². The van der Waals surface area contributed by atoms with Gasteiger partial charge in [0.1, 0.15) is 35.1 Å². The predicted octanol–water partition coefficient (Wildman–Crippen LogP) is 1.90. The smallest absolute Gasteiger partial charge is 0.211 e. The Morgan fingerprint density at radius 3 is 2.86 bits per heavy atom. The van der Waals surface area contributed by atoms with Crippen molar-refractivity contribution in [3.8, 4) is 12.3 Å². The molecule has 0 fully saturated rings. The molecule has 0 amide bonds. The number of nitriles is 2. The van der Waals surface area contributed by atoms with E-state index < -0.39 is 11.9 Å². The van der Waals surface area contributed by atoms with Crippen LogP contribution in [0.2, 0.25) is 0 Å². The van der Waals surface area contributed by atoms with Crippen LogP contribution in [0.5, 0.6) is 0 Å². The fourth-order valence-corrected chi connectivity index (χ4v) is 3.02. The van der Waals surface area contributed by atoms with Gasteiger partial charge in [0.15, 0.2) is 6.19 Å². The van der Waals surface area contributed by atoms with Crippen molar-refractivity contribution in [1.29, 1.82) is 10.5 Å². The second kappa shape index (κ2) is 8.25. The van der Waals surface area contributed by atoms with Crippen LogP contribution in [-0.2, 0) is 11.3 Å². The van der Waals surface area contributed by atoms with Crippen LogP contribution in [0.1, 0.15) is 28.3 Å². The molecule has 0 aliphatic carbocycles. The van der Waals surface area contributed by atoms with E-state index in [0.29, 0.717) is 16.7 Å². The first-order valence-electron chi connectivity index (χ1n) is 8.46. The summed E-state index contributed by atoms with van der Waals surface area (Å²) in [6.07, 6.45) is 3.36. The number of guanidine groups is 1. The Labute approximate surface area is 166 Å². The highest BCUT2D eigenvalue weighted by atomic mass is 19.1. The number of nitrogens with zero attached hydrogens (tertiary/aromatic N) is 4. The number of pyridine rings is 1. The van der Waals surface area contributed by atoms with Gasteiger partial charge < -0.3 is 21.5 Å². The summed E-state index contributed by atoms with van der Waals surface area (Å²) >= 11 is 0. The average molecular weight is 392 g/mol. The van der Waals surface area contributed by atoms with Gasteiger partial charge in [-0.3, -0.25) is 5.32 Å². The molecule has 9 nitrogen and oxygen atoms in total. The number of nitrogen functional groups attached to an aromatic ring is 2. The van der Waals surface area contributed by atoms with Crippen molar-refractivity contribution in [3.05, 3.63) is 58.9 Å². The number of benzene rings is 1. The molecule has 10 heteroatoms. The third-order valence-electron chi connectivity index (χ3n) is 4.25. The Morgan fingerprint density at radius 2 is 2.17 bits per heavy atom. The number of rotatable bonds is 5. The van der Waals surface area contributed by atoms with Gasteiger partial charge in [0, 0.05) is 5.56 Å². The predicted molar refractivity (Wildman–Crippen MR) is 106 cm³/mol. The van der Waals surface area contributed by atoms with Crippen molar-refractivity contribution in [2.45, 2.75) is 12.6 Å². The lowest BCUT2D eigenvalue weighted by molar-refractivity contribution is 0.148. The van der Waals surface area contributed by atoms with E-state index >= 15 is 0 Å². The van der Waals surface area contributed by atoms with Crippen molar-refractivity contribution in [2.24, 2.45) is 4.99 Å². The molecule has 2 heterocycles. The number of anilines is 3. The number of fused-ring (bicyclic) bond motifs is 1. The monoisotopic (exact) mass is 392 g/mol. The van der Waals surface area contributed by atoms with E-state index in [9.17, 15) is 9.65 Å². The second-order valence-corrected chi connectivity index (χ2v) is 6.05. The standard InChI is InChI=1S/C19H17FN8O/c1-2-5-29-8-10-6-11(20)3-4-12(10)16-14-15(23)13(7-21)17(24)27-18(14)28-19(26-16)25-9-22/h2-4,6,16H,1,5,8H2,(H6,23,24,25,26,27,28). The van der Waals surface area contributed by atoms with Gasteiger partial charge in [-0.25, -0.2) is 14.4 Å². The molecular weight excluding hydrogens is 375 g/mol. The zero-order valence-electron chi connectivity index (χ0n) is 15.2. The van der Waals surface area contributed by atoms with Gasteiger partial charge in [-0.2, -0.15) is 10.5 Å². The quantitative estimate of drug-likeness (QED) is 0.260. The summed E-state index contributed by atoms with van der Waals surface area (Å²) in [4.78, 5) is 8.66. The SMILES string of the molecule is C=CCOCc1cc(F)ccc1C1N=C(NC#N)Nc2nc(N)c(C#N)c(N)c21. The van der Waals surface area contributed by atoms with Crippen LogP contribution in [-0.4, -0.2) is 17.6 Å². The van der Waals surface area contributed by atoms with E-state index in [2.05, 4.69) is 27.2 Å². The topological polar surface area (TPSA) is 158 Å². The Hall–Kier alpha value is -4.15. The van der Waals surface area contributed by atoms with Gasteiger partial charge in [0.05, 0.1) is 18.9 Å². The Morgan fingerprint density at radius 1 is 1.38 bits per heavy atom. The van der Waals surface area contributed by atoms with Crippen molar-refractivity contribution >= 4 is 23.3 Å². The minimum absolute atomic E-state index is 0.0222. The van der Waals surface area contributed by atoms with E-state index in [1.54, 1.807) is 18.3 Å². The van der Waals surface area contributed by atoms with Crippen molar-refractivity contribution in [1.82, 2.24) is 10.3 Å². The molecule has 29 heavy (non-hydrogen) atoms. The first-order valence-corrected chi connectivity index (χ1v) is 8.46. The third kappa shape index (κ3) is 3.78. The van der Waals surface area contributed by atoms with Crippen molar-refractivity contribution in [3.63, 3.8) is 0 Å². The lowest BCUT2D eigenvalue weighted by Gasteiger charge is -2.27. The molecule has 6 N–H and O–H groups in total. The first kappa shape index (κ1) is 19.6. The Bertz CT molecular complexity index is 1080. The molecule has 1 aromatic heterocycles. The van der Waals surface area contributed by atoms with Crippen LogP contribution < -0.4 is 22.1 Å². The normalized spacial score (nSPS) is 14.6. The summed E-state index contributed by atoms with van der Waals surface area (Å²) in [5.74, 6) is -0.134. The minimum atomic E-state index is -0.773. The number of nitrogens with one attached hydrogen (secondary N) is 2. The van der Waals surface area contributed by atoms with Gasteiger partial charge in [0.2, 0.25) is 5.96 Å². The molecule has 0 spiro atoms. The van der Waals surface area contributed by atoms with Crippen molar-refractivity contribution in [2.75, 3.05) is 23.4 Å². The largest absolute Gasteiger partial charge is 0.397 e. The van der Waals surface area contributed by atoms with E-state index in [-0.39, 0.29) is 42.1 Å². The minimum Gasteiger partial charge on any atom is -0.397 e. The summed E-state index contributed by atoms with van der Waals surface area (Å²) in [5, 5.41) is 23.6. The molecule has 0 saturated carbocycles. The Balaban J connectivity index is 2.20. The zero-order chi connectivity index (χ0) is 21.0. The lowest BCUT2D eigenvalue weighted by Crippen LogP contribution is -2.33. The summed E-state index contributed by atoms with van der Waals surface area (Å²) in [6.45, 7) is 3.96. The van der Waals surface area contributed by atoms with E-state index in [1.165, 1.54) is 12.1 Å². The molecule has 1 unspecified atom stereocenters. The molecule has 0 bridgehead atoms. The maximum atomic E-state index is 13.9. The lowest BCUT2D eigenvalue weighted by atomic mass is 9.92. The molecule has 1 aliphatic rings. The van der Waals surface area contributed by atoms with Gasteiger partial charge in [0.25, 0.3) is 0 Å². The molecule has 0 saturated heterocycles. The third-order valence-corrected chi connectivity index (χ3v) is 4.25. The summed E-state index contributed by atoms with van der Waals surface area (Å²) in [6, 6.07) is 5.33. The van der Waals surface area contributed by atoms with Gasteiger partial charge in [-0.1, -0.05) is 12.1 Å². The molecule has 3 rings (SSSR count). The van der Waals surface area contributed by atoms with Crippen LogP contribution in [0, 0.1) is 28.6 Å². The van der Waals surface area contributed by atoms with Crippen LogP contribution in [0.4, 0.5) is 21.7 Å². The van der Waals surface area contributed by atoms with Crippen LogP contribution in [0.15, 0.2) is 35.8 Å². The van der Waals surface area contributed by atoms with Gasteiger partial charge in [-0.05, 0) is 23.3 Å². The fraction of sp³-hybridized carbons (Fsp3) is 0.158. The highest BCUT2D eigenvalue weighted by molar-refractivity contribution is 5.98. The van der Waals surface area contributed by atoms with Gasteiger partial charge in [-0.15, -0.1) is 6.58 Å². The van der Waals surface area contributed by atoms with Crippen LogP contribution >= 0.6 is 0 Å². The van der Waals surface area contributed by atoms with Crippen molar-refractivity contribution < 1.29 is 9.13 Å². The second-order valence-electron chi connectivity index (χ2n) is 6.05. The first-order chi connectivity index (χ1) is 14.0. The molecule has 0 radical (unpaired) electrons. The molecule has 2 aromatic rings. The summed E-state index contributed by atoms with van der Waals surface area (Å²) in [5.41, 5.74) is 13.7. The number of nitrogens with two attached hydrogens (primary N) is 2. The van der Waals surface area contributed by atoms with Crippen LogP contribution in [0.3, 0.4) is 0 Å². The number of aliphatic imine (C=N–C) groups is 1. The fourth-order valence-electron chi connectivity index (χ4n) is 3.02. The molecule has 1 aromatic carbocycles. The molecule has 146 valence electrons. The maximum absolute atomic E-state index is 13.9. The Kier molecular flexibility index (Phi) is 5.58.